The van der Waals surface area contributed by atoms with Gasteiger partial charge >= 0.3 is 0 Å². The molecule has 6 nitrogen and oxygen atoms in total. The lowest BCUT2D eigenvalue weighted by molar-refractivity contribution is 0.0936. The maximum absolute atomic E-state index is 13.8. The van der Waals surface area contributed by atoms with E-state index in [1.54, 1.807) is 54.4 Å². The van der Waals surface area contributed by atoms with Gasteiger partial charge in [-0.05, 0) is 42.0 Å². The van der Waals surface area contributed by atoms with Crippen molar-refractivity contribution in [2.75, 3.05) is 7.11 Å². The van der Waals surface area contributed by atoms with Crippen molar-refractivity contribution in [1.29, 1.82) is 0 Å². The summed E-state index contributed by atoms with van der Waals surface area (Å²) in [6, 6.07) is 14.4. The minimum Gasteiger partial charge on any atom is -0.497 e. The Bertz CT molecular complexity index is 1190. The van der Waals surface area contributed by atoms with Crippen molar-refractivity contribution < 1.29 is 13.9 Å². The van der Waals surface area contributed by atoms with Gasteiger partial charge in [0.05, 0.1) is 12.6 Å². The number of halogens is 1. The van der Waals surface area contributed by atoms with E-state index in [0.29, 0.717) is 16.9 Å². The molecular weight excluding hydrogens is 371 g/mol. The number of carbonyl (C=O) groups excluding carboxylic acids is 1. The summed E-state index contributed by atoms with van der Waals surface area (Å²) in [6.07, 6.45) is 3.41. The minimum atomic E-state index is -0.619. The Labute approximate surface area is 167 Å². The Morgan fingerprint density at radius 3 is 2.76 bits per heavy atom. The third kappa shape index (κ3) is 3.80. The van der Waals surface area contributed by atoms with Gasteiger partial charge in [-0.25, -0.2) is 14.4 Å². The number of fused-ring (bicyclic) bond motifs is 1. The molecule has 29 heavy (non-hydrogen) atoms. The third-order valence-electron chi connectivity index (χ3n) is 4.70. The Balaban J connectivity index is 1.68. The highest BCUT2D eigenvalue weighted by Crippen LogP contribution is 2.23. The van der Waals surface area contributed by atoms with Crippen LogP contribution >= 0.6 is 0 Å². The molecule has 1 atom stereocenters. The molecule has 0 fully saturated rings. The molecule has 2 aromatic heterocycles. The fourth-order valence-corrected chi connectivity index (χ4v) is 3.20. The number of carbonyl (C=O) groups is 1. The van der Waals surface area contributed by atoms with Gasteiger partial charge in [0.2, 0.25) is 0 Å². The SMILES string of the molecule is COc1ccc2nc(C(=O)NC(c3cccc(F)c3)c3nccn3C)ccc2c1. The van der Waals surface area contributed by atoms with Gasteiger partial charge in [-0.2, -0.15) is 0 Å². The zero-order valence-electron chi connectivity index (χ0n) is 16.0. The van der Waals surface area contributed by atoms with Gasteiger partial charge in [0.15, 0.2) is 0 Å². The first-order chi connectivity index (χ1) is 14.0. The molecule has 0 aliphatic heterocycles. The summed E-state index contributed by atoms with van der Waals surface area (Å²) in [5, 5.41) is 3.80. The Hall–Kier alpha value is -3.74. The average Bonchev–Trinajstić information content (AvgIpc) is 3.16. The highest BCUT2D eigenvalue weighted by atomic mass is 19.1. The average molecular weight is 390 g/mol. The molecule has 0 spiro atoms. The molecule has 4 aromatic rings. The lowest BCUT2D eigenvalue weighted by Crippen LogP contribution is -2.31. The molecular formula is C22H19FN4O2. The fraction of sp³-hybridized carbons (Fsp3) is 0.136. The topological polar surface area (TPSA) is 69.0 Å². The van der Waals surface area contributed by atoms with Gasteiger partial charge in [0.1, 0.15) is 29.1 Å². The second kappa shape index (κ2) is 7.71. The fourth-order valence-electron chi connectivity index (χ4n) is 3.20. The molecule has 7 heteroatoms. The maximum atomic E-state index is 13.8. The lowest BCUT2D eigenvalue weighted by Gasteiger charge is -2.19. The molecule has 0 aliphatic carbocycles. The van der Waals surface area contributed by atoms with Crippen LogP contribution in [0.5, 0.6) is 5.75 Å². The molecule has 2 heterocycles. The molecule has 0 saturated heterocycles. The van der Waals surface area contributed by atoms with Crippen LogP contribution in [0.3, 0.4) is 0 Å². The number of hydrogen-bond acceptors (Lipinski definition) is 4. The summed E-state index contributed by atoms with van der Waals surface area (Å²) >= 11 is 0. The molecule has 1 amide bonds. The lowest BCUT2D eigenvalue weighted by atomic mass is 10.1. The van der Waals surface area contributed by atoms with Crippen molar-refractivity contribution in [3.05, 3.63) is 89.9 Å². The number of amides is 1. The summed E-state index contributed by atoms with van der Waals surface area (Å²) in [5.41, 5.74) is 1.54. The van der Waals surface area contributed by atoms with Gasteiger partial charge in [-0.3, -0.25) is 4.79 Å². The Morgan fingerprint density at radius 1 is 1.17 bits per heavy atom. The molecule has 2 aromatic carbocycles. The molecule has 1 unspecified atom stereocenters. The van der Waals surface area contributed by atoms with Crippen LogP contribution in [0.15, 0.2) is 67.0 Å². The van der Waals surface area contributed by atoms with Gasteiger partial charge in [-0.15, -0.1) is 0 Å². The van der Waals surface area contributed by atoms with Gasteiger partial charge in [0, 0.05) is 24.8 Å². The molecule has 0 aliphatic rings. The van der Waals surface area contributed by atoms with Crippen LogP contribution in [-0.4, -0.2) is 27.6 Å². The van der Waals surface area contributed by atoms with Crippen LogP contribution in [0.2, 0.25) is 0 Å². The highest BCUT2D eigenvalue weighted by Gasteiger charge is 2.22. The largest absolute Gasteiger partial charge is 0.497 e. The molecule has 146 valence electrons. The van der Waals surface area contributed by atoms with Crippen molar-refractivity contribution in [1.82, 2.24) is 19.9 Å². The van der Waals surface area contributed by atoms with Gasteiger partial charge in [-0.1, -0.05) is 18.2 Å². The van der Waals surface area contributed by atoms with Gasteiger partial charge < -0.3 is 14.6 Å². The second-order valence-corrected chi connectivity index (χ2v) is 6.61. The van der Waals surface area contributed by atoms with Crippen LogP contribution in [0, 0.1) is 5.82 Å². The number of ether oxygens (including phenoxy) is 1. The number of nitrogens with zero attached hydrogens (tertiary/aromatic N) is 3. The van der Waals surface area contributed by atoms with E-state index in [-0.39, 0.29) is 17.4 Å². The van der Waals surface area contributed by atoms with E-state index in [1.807, 2.05) is 19.2 Å². The molecule has 0 saturated carbocycles. The number of methoxy groups -OCH3 is 1. The molecule has 4 rings (SSSR count). The predicted molar refractivity (Wildman–Crippen MR) is 107 cm³/mol. The number of hydrogen-bond donors (Lipinski definition) is 1. The van der Waals surface area contributed by atoms with Crippen LogP contribution in [0.25, 0.3) is 10.9 Å². The van der Waals surface area contributed by atoms with Crippen LogP contribution in [0.4, 0.5) is 4.39 Å². The minimum absolute atomic E-state index is 0.262. The first-order valence-electron chi connectivity index (χ1n) is 9.03. The number of benzene rings is 2. The van der Waals surface area contributed by atoms with E-state index in [2.05, 4.69) is 15.3 Å². The number of rotatable bonds is 5. The zero-order chi connectivity index (χ0) is 20.4. The van der Waals surface area contributed by atoms with Crippen molar-refractivity contribution in [3.8, 4) is 5.75 Å². The van der Waals surface area contributed by atoms with Crippen molar-refractivity contribution in [2.45, 2.75) is 6.04 Å². The normalized spacial score (nSPS) is 12.0. The molecule has 0 bridgehead atoms. The van der Waals surface area contributed by atoms with Crippen LogP contribution < -0.4 is 10.1 Å². The number of aryl methyl sites for hydroxylation is 1. The zero-order valence-corrected chi connectivity index (χ0v) is 16.0. The Morgan fingerprint density at radius 2 is 2.03 bits per heavy atom. The number of imidazole rings is 1. The summed E-state index contributed by atoms with van der Waals surface area (Å²) in [7, 11) is 3.42. The highest BCUT2D eigenvalue weighted by molar-refractivity contribution is 5.95. The summed E-state index contributed by atoms with van der Waals surface area (Å²) < 4.78 is 20.8. The number of aromatic nitrogens is 3. The number of pyridine rings is 1. The summed E-state index contributed by atoms with van der Waals surface area (Å²) in [6.45, 7) is 0. The summed E-state index contributed by atoms with van der Waals surface area (Å²) in [5.74, 6) is 0.556. The second-order valence-electron chi connectivity index (χ2n) is 6.61. The van der Waals surface area contributed by atoms with Crippen molar-refractivity contribution in [2.24, 2.45) is 7.05 Å². The van der Waals surface area contributed by atoms with E-state index in [4.69, 9.17) is 4.74 Å². The van der Waals surface area contributed by atoms with E-state index in [0.717, 1.165) is 11.1 Å². The van der Waals surface area contributed by atoms with Crippen molar-refractivity contribution >= 4 is 16.8 Å². The summed E-state index contributed by atoms with van der Waals surface area (Å²) in [4.78, 5) is 21.7. The third-order valence-corrected chi connectivity index (χ3v) is 4.70. The number of nitrogens with one attached hydrogen (secondary N) is 1. The van der Waals surface area contributed by atoms with Gasteiger partial charge in [0.25, 0.3) is 5.91 Å². The Kier molecular flexibility index (Phi) is 4.95. The van der Waals surface area contributed by atoms with E-state index in [9.17, 15) is 9.18 Å². The first-order valence-corrected chi connectivity index (χ1v) is 9.03. The van der Waals surface area contributed by atoms with E-state index in [1.165, 1.54) is 12.1 Å². The van der Waals surface area contributed by atoms with E-state index >= 15 is 0 Å². The monoisotopic (exact) mass is 390 g/mol. The molecule has 0 radical (unpaired) electrons. The predicted octanol–water partition coefficient (Wildman–Crippen LogP) is 3.64. The van der Waals surface area contributed by atoms with Crippen molar-refractivity contribution in [3.63, 3.8) is 0 Å². The quantitative estimate of drug-likeness (QED) is 0.565. The first kappa shape index (κ1) is 18.6. The smallest absolute Gasteiger partial charge is 0.270 e. The van der Waals surface area contributed by atoms with E-state index < -0.39 is 6.04 Å². The van der Waals surface area contributed by atoms with Crippen LogP contribution in [-0.2, 0) is 7.05 Å². The maximum Gasteiger partial charge on any atom is 0.270 e. The molecule has 1 N–H and O–H groups in total. The van der Waals surface area contributed by atoms with Crippen LogP contribution in [0.1, 0.15) is 27.9 Å². The standard InChI is InChI=1S/C22H19FN4O2/c1-27-11-10-24-21(27)20(15-4-3-5-16(23)12-15)26-22(28)19-8-6-14-13-17(29-2)7-9-18(14)25-19/h3-13,20H,1-2H3,(H,26,28).